The van der Waals surface area contributed by atoms with Crippen LogP contribution in [0, 0.1) is 17.0 Å². The molecule has 0 fully saturated rings. The molecule has 0 radical (unpaired) electrons. The van der Waals surface area contributed by atoms with Crippen LogP contribution in [0.15, 0.2) is 41.3 Å². The standard InChI is InChI=1S/C17H15ClN2O7S/c1-10-3-5-13(12(18)7-10)19-16(21)9-27-17(22)11-4-6-15(28(2,25)26)14(8-11)20(23)24/h3-8H,9H2,1-2H3,(H,19,21). The molecule has 0 aliphatic heterocycles. The number of nitro benzene ring substituents is 1. The maximum absolute atomic E-state index is 12.0. The van der Waals surface area contributed by atoms with Crippen molar-refractivity contribution < 1.29 is 27.7 Å². The van der Waals surface area contributed by atoms with E-state index in [4.69, 9.17) is 16.3 Å². The molecule has 1 N–H and O–H groups in total. The topological polar surface area (TPSA) is 133 Å². The Morgan fingerprint density at radius 1 is 1.21 bits per heavy atom. The highest BCUT2D eigenvalue weighted by molar-refractivity contribution is 7.90. The Balaban J connectivity index is 2.09. The Hall–Kier alpha value is -2.98. The SMILES string of the molecule is Cc1ccc(NC(=O)COC(=O)c2ccc(S(C)(=O)=O)c([N+](=O)[O-])c2)c(Cl)c1. The van der Waals surface area contributed by atoms with Crippen LogP contribution in [0.25, 0.3) is 0 Å². The zero-order chi connectivity index (χ0) is 21.1. The third kappa shape index (κ3) is 5.27. The molecule has 0 saturated carbocycles. The molecule has 0 bridgehead atoms. The highest BCUT2D eigenvalue weighted by Gasteiger charge is 2.24. The van der Waals surface area contributed by atoms with E-state index in [1.807, 2.05) is 6.92 Å². The lowest BCUT2D eigenvalue weighted by Gasteiger charge is -2.09. The predicted molar refractivity (Wildman–Crippen MR) is 101 cm³/mol. The average Bonchev–Trinajstić information content (AvgIpc) is 2.60. The fraction of sp³-hybridized carbons (Fsp3) is 0.176. The van der Waals surface area contributed by atoms with Gasteiger partial charge in [-0.2, -0.15) is 0 Å². The molecule has 2 aromatic carbocycles. The van der Waals surface area contributed by atoms with E-state index < -0.39 is 43.8 Å². The number of carbonyl (C=O) groups excluding carboxylic acids is 2. The summed E-state index contributed by atoms with van der Waals surface area (Å²) in [6.45, 7) is 1.16. The smallest absolute Gasteiger partial charge is 0.338 e. The van der Waals surface area contributed by atoms with E-state index in [9.17, 15) is 28.1 Å². The van der Waals surface area contributed by atoms with Crippen LogP contribution in [0.5, 0.6) is 0 Å². The molecule has 0 aliphatic rings. The van der Waals surface area contributed by atoms with E-state index in [1.165, 1.54) is 0 Å². The number of nitrogens with zero attached hydrogens (tertiary/aromatic N) is 1. The number of halogens is 1. The number of anilines is 1. The Kier molecular flexibility index (Phi) is 6.37. The maximum Gasteiger partial charge on any atom is 0.338 e. The minimum Gasteiger partial charge on any atom is -0.452 e. The summed E-state index contributed by atoms with van der Waals surface area (Å²) in [6.07, 6.45) is 0.813. The first kappa shape index (κ1) is 21.3. The van der Waals surface area contributed by atoms with Gasteiger partial charge in [0.25, 0.3) is 11.6 Å². The summed E-state index contributed by atoms with van der Waals surface area (Å²) in [5.41, 5.74) is 0.211. The van der Waals surface area contributed by atoms with Crippen molar-refractivity contribution >= 4 is 44.7 Å². The van der Waals surface area contributed by atoms with E-state index >= 15 is 0 Å². The molecule has 11 heteroatoms. The molecule has 0 heterocycles. The number of benzene rings is 2. The summed E-state index contributed by atoms with van der Waals surface area (Å²) in [7, 11) is -3.86. The molecule has 0 atom stereocenters. The summed E-state index contributed by atoms with van der Waals surface area (Å²) in [4.78, 5) is 33.6. The Labute approximate surface area is 165 Å². The fourth-order valence-electron chi connectivity index (χ4n) is 2.22. The Morgan fingerprint density at radius 3 is 2.46 bits per heavy atom. The second-order valence-corrected chi connectivity index (χ2v) is 8.21. The van der Waals surface area contributed by atoms with Gasteiger partial charge in [-0.3, -0.25) is 14.9 Å². The van der Waals surface area contributed by atoms with Gasteiger partial charge in [-0.25, -0.2) is 13.2 Å². The van der Waals surface area contributed by atoms with E-state index in [0.29, 0.717) is 10.7 Å². The van der Waals surface area contributed by atoms with Crippen LogP contribution in [0.2, 0.25) is 5.02 Å². The molecule has 0 saturated heterocycles. The first-order valence-corrected chi connectivity index (χ1v) is 9.97. The van der Waals surface area contributed by atoms with Gasteiger partial charge in [-0.1, -0.05) is 17.7 Å². The van der Waals surface area contributed by atoms with Crippen molar-refractivity contribution in [2.75, 3.05) is 18.2 Å². The number of ether oxygens (including phenoxy) is 1. The lowest BCUT2D eigenvalue weighted by molar-refractivity contribution is -0.387. The van der Waals surface area contributed by atoms with Crippen molar-refractivity contribution in [1.82, 2.24) is 0 Å². The molecular formula is C17H15ClN2O7S. The highest BCUT2D eigenvalue weighted by atomic mass is 35.5. The van der Waals surface area contributed by atoms with Crippen LogP contribution in [0.3, 0.4) is 0 Å². The van der Waals surface area contributed by atoms with Crippen LogP contribution in [0.4, 0.5) is 11.4 Å². The minimum absolute atomic E-state index is 0.264. The van der Waals surface area contributed by atoms with Gasteiger partial charge in [-0.05, 0) is 36.8 Å². The van der Waals surface area contributed by atoms with Gasteiger partial charge < -0.3 is 10.1 Å². The quantitative estimate of drug-likeness (QED) is 0.426. The number of amides is 1. The third-order valence-corrected chi connectivity index (χ3v) is 4.98. The number of esters is 1. The zero-order valence-electron chi connectivity index (χ0n) is 14.8. The summed E-state index contributed by atoms with van der Waals surface area (Å²) in [6, 6.07) is 7.76. The molecule has 0 spiro atoms. The van der Waals surface area contributed by atoms with Crippen molar-refractivity contribution in [3.63, 3.8) is 0 Å². The van der Waals surface area contributed by atoms with Crippen molar-refractivity contribution in [3.8, 4) is 0 Å². The molecule has 0 unspecified atom stereocenters. The van der Waals surface area contributed by atoms with E-state index in [2.05, 4.69) is 5.32 Å². The molecule has 28 heavy (non-hydrogen) atoms. The number of sulfone groups is 1. The summed E-state index contributed by atoms with van der Waals surface area (Å²) in [5.74, 6) is -1.69. The summed E-state index contributed by atoms with van der Waals surface area (Å²) < 4.78 is 28.0. The molecule has 0 aliphatic carbocycles. The molecule has 1 amide bonds. The van der Waals surface area contributed by atoms with Gasteiger partial charge in [0, 0.05) is 12.3 Å². The number of nitro groups is 1. The van der Waals surface area contributed by atoms with Crippen molar-refractivity contribution in [1.29, 1.82) is 0 Å². The van der Waals surface area contributed by atoms with Crippen LogP contribution >= 0.6 is 11.6 Å². The van der Waals surface area contributed by atoms with Gasteiger partial charge in [0.1, 0.15) is 4.90 Å². The van der Waals surface area contributed by atoms with E-state index in [1.54, 1.807) is 18.2 Å². The maximum atomic E-state index is 12.0. The van der Waals surface area contributed by atoms with Gasteiger partial charge >= 0.3 is 5.97 Å². The van der Waals surface area contributed by atoms with E-state index in [-0.39, 0.29) is 5.56 Å². The minimum atomic E-state index is -3.86. The van der Waals surface area contributed by atoms with Crippen LogP contribution in [-0.4, -0.2) is 38.1 Å². The second kappa shape index (κ2) is 8.36. The predicted octanol–water partition coefficient (Wildman–Crippen LogP) is 2.76. The molecule has 0 aromatic heterocycles. The average molecular weight is 427 g/mol. The van der Waals surface area contributed by atoms with Crippen LogP contribution in [0.1, 0.15) is 15.9 Å². The molecule has 2 aromatic rings. The molecular weight excluding hydrogens is 412 g/mol. The summed E-state index contributed by atoms with van der Waals surface area (Å²) >= 11 is 6.00. The Bertz CT molecular complexity index is 1070. The third-order valence-electron chi connectivity index (χ3n) is 3.52. The number of rotatable bonds is 6. The fourth-order valence-corrected chi connectivity index (χ4v) is 3.33. The second-order valence-electron chi connectivity index (χ2n) is 5.82. The number of carbonyl (C=O) groups is 2. The van der Waals surface area contributed by atoms with Gasteiger partial charge in [0.2, 0.25) is 0 Å². The first-order valence-electron chi connectivity index (χ1n) is 7.70. The molecule has 148 valence electrons. The van der Waals surface area contributed by atoms with Gasteiger partial charge in [-0.15, -0.1) is 0 Å². The summed E-state index contributed by atoms with van der Waals surface area (Å²) in [5, 5.41) is 13.9. The van der Waals surface area contributed by atoms with Gasteiger partial charge in [0.15, 0.2) is 16.4 Å². The number of hydrogen-bond acceptors (Lipinski definition) is 7. The first-order chi connectivity index (χ1) is 13.0. The van der Waals surface area contributed by atoms with Crippen molar-refractivity contribution in [2.24, 2.45) is 0 Å². The van der Waals surface area contributed by atoms with Crippen molar-refractivity contribution in [2.45, 2.75) is 11.8 Å². The lowest BCUT2D eigenvalue weighted by atomic mass is 10.2. The number of aryl methyl sites for hydroxylation is 1. The highest BCUT2D eigenvalue weighted by Crippen LogP contribution is 2.25. The zero-order valence-corrected chi connectivity index (χ0v) is 16.3. The molecule has 9 nitrogen and oxygen atoms in total. The lowest BCUT2D eigenvalue weighted by Crippen LogP contribution is -2.21. The molecule has 2 rings (SSSR count). The largest absolute Gasteiger partial charge is 0.452 e. The normalized spacial score (nSPS) is 11.0. The monoisotopic (exact) mass is 426 g/mol. The van der Waals surface area contributed by atoms with Crippen LogP contribution in [-0.2, 0) is 19.4 Å². The van der Waals surface area contributed by atoms with E-state index in [0.717, 1.165) is 30.0 Å². The number of hydrogen-bond donors (Lipinski definition) is 1. The number of nitrogens with one attached hydrogen (secondary N) is 1. The van der Waals surface area contributed by atoms with Gasteiger partial charge in [0.05, 0.1) is 21.2 Å². The van der Waals surface area contributed by atoms with Crippen LogP contribution < -0.4 is 5.32 Å². The van der Waals surface area contributed by atoms with Crippen molar-refractivity contribution in [3.05, 3.63) is 62.7 Å². The Morgan fingerprint density at radius 2 is 1.89 bits per heavy atom.